The van der Waals surface area contributed by atoms with Gasteiger partial charge >= 0.3 is 5.97 Å². The first kappa shape index (κ1) is 16.5. The lowest BCUT2D eigenvalue weighted by atomic mass is 9.82. The molecule has 0 saturated heterocycles. The molecule has 1 aromatic heterocycles. The van der Waals surface area contributed by atoms with Gasteiger partial charge < -0.3 is 25.3 Å². The number of para-hydroxylation sites is 1. The zero-order valence-electron chi connectivity index (χ0n) is 13.8. The molecule has 0 saturated carbocycles. The van der Waals surface area contributed by atoms with Crippen molar-refractivity contribution in [3.8, 4) is 0 Å². The van der Waals surface area contributed by atoms with E-state index >= 15 is 0 Å². The normalized spacial score (nSPS) is 17.4. The molecule has 128 valence electrons. The molecule has 1 aliphatic heterocycles. The van der Waals surface area contributed by atoms with Crippen LogP contribution in [0.3, 0.4) is 0 Å². The molecule has 1 aliphatic rings. The SMILES string of the molecule is CC1(C)CNC=C(C(=O)OCC(O)CO)c2[nH]c3ccccc3c21. The monoisotopic (exact) mass is 330 g/mol. The lowest BCUT2D eigenvalue weighted by Gasteiger charge is -2.24. The number of nitrogens with one attached hydrogen (secondary N) is 2. The summed E-state index contributed by atoms with van der Waals surface area (Å²) >= 11 is 0. The van der Waals surface area contributed by atoms with Crippen molar-refractivity contribution in [3.63, 3.8) is 0 Å². The zero-order chi connectivity index (χ0) is 17.3. The number of hydrogen-bond acceptors (Lipinski definition) is 5. The Morgan fingerprint density at radius 2 is 2.12 bits per heavy atom. The van der Waals surface area contributed by atoms with Crippen molar-refractivity contribution >= 4 is 22.4 Å². The van der Waals surface area contributed by atoms with Crippen LogP contribution in [0, 0.1) is 0 Å². The number of ether oxygens (including phenoxy) is 1. The fraction of sp³-hybridized carbons (Fsp3) is 0.389. The molecule has 1 atom stereocenters. The van der Waals surface area contributed by atoms with Crippen molar-refractivity contribution in [2.75, 3.05) is 19.8 Å². The highest BCUT2D eigenvalue weighted by Gasteiger charge is 2.33. The predicted octanol–water partition coefficient (Wildman–Crippen LogP) is 1.29. The molecular weight excluding hydrogens is 308 g/mol. The highest BCUT2D eigenvalue weighted by Crippen LogP contribution is 2.38. The molecule has 0 bridgehead atoms. The van der Waals surface area contributed by atoms with Gasteiger partial charge in [0.05, 0.1) is 17.9 Å². The number of carbonyl (C=O) groups excluding carboxylic acids is 1. The fourth-order valence-electron chi connectivity index (χ4n) is 3.08. The maximum absolute atomic E-state index is 12.5. The molecule has 6 heteroatoms. The van der Waals surface area contributed by atoms with Gasteiger partial charge in [0.2, 0.25) is 0 Å². The van der Waals surface area contributed by atoms with Crippen LogP contribution in [-0.2, 0) is 14.9 Å². The van der Waals surface area contributed by atoms with Crippen molar-refractivity contribution in [1.82, 2.24) is 10.3 Å². The van der Waals surface area contributed by atoms with Crippen LogP contribution in [0.1, 0.15) is 25.1 Å². The summed E-state index contributed by atoms with van der Waals surface area (Å²) in [6.07, 6.45) is 0.572. The van der Waals surface area contributed by atoms with Crippen LogP contribution in [0.2, 0.25) is 0 Å². The Labute approximate surface area is 140 Å². The van der Waals surface area contributed by atoms with Crippen LogP contribution < -0.4 is 5.32 Å². The van der Waals surface area contributed by atoms with Crippen LogP contribution in [0.5, 0.6) is 0 Å². The molecule has 1 aromatic carbocycles. The predicted molar refractivity (Wildman–Crippen MR) is 91.4 cm³/mol. The number of aliphatic hydroxyl groups excluding tert-OH is 2. The Hall–Kier alpha value is -2.31. The zero-order valence-corrected chi connectivity index (χ0v) is 13.8. The van der Waals surface area contributed by atoms with Crippen LogP contribution in [0.4, 0.5) is 0 Å². The third-order valence-electron chi connectivity index (χ3n) is 4.28. The number of hydrogen-bond donors (Lipinski definition) is 4. The molecule has 2 aromatic rings. The first-order chi connectivity index (χ1) is 11.4. The summed E-state index contributed by atoms with van der Waals surface area (Å²) in [7, 11) is 0. The number of benzene rings is 1. The van der Waals surface area contributed by atoms with E-state index in [0.29, 0.717) is 12.1 Å². The molecule has 1 unspecified atom stereocenters. The molecule has 3 rings (SSSR count). The van der Waals surface area contributed by atoms with Gasteiger partial charge in [-0.15, -0.1) is 0 Å². The number of rotatable bonds is 4. The van der Waals surface area contributed by atoms with E-state index in [1.165, 1.54) is 0 Å². The molecule has 24 heavy (non-hydrogen) atoms. The van der Waals surface area contributed by atoms with Gasteiger partial charge in [-0.25, -0.2) is 4.79 Å². The summed E-state index contributed by atoms with van der Waals surface area (Å²) in [4.78, 5) is 15.8. The van der Waals surface area contributed by atoms with Crippen molar-refractivity contribution in [1.29, 1.82) is 0 Å². The second kappa shape index (κ2) is 6.30. The van der Waals surface area contributed by atoms with Gasteiger partial charge in [0, 0.05) is 29.1 Å². The molecule has 0 aliphatic carbocycles. The summed E-state index contributed by atoms with van der Waals surface area (Å²) in [6.45, 7) is 4.23. The average Bonchev–Trinajstić information content (AvgIpc) is 2.90. The van der Waals surface area contributed by atoms with E-state index in [2.05, 4.69) is 24.1 Å². The van der Waals surface area contributed by atoms with Gasteiger partial charge in [-0.1, -0.05) is 32.0 Å². The summed E-state index contributed by atoms with van der Waals surface area (Å²) < 4.78 is 5.13. The van der Waals surface area contributed by atoms with Crippen LogP contribution in [0.25, 0.3) is 16.5 Å². The van der Waals surface area contributed by atoms with Crippen molar-refractivity contribution in [2.45, 2.75) is 25.4 Å². The van der Waals surface area contributed by atoms with Crippen molar-refractivity contribution < 1.29 is 19.7 Å². The second-order valence-corrected chi connectivity index (χ2v) is 6.68. The molecule has 4 N–H and O–H groups in total. The van der Waals surface area contributed by atoms with E-state index in [4.69, 9.17) is 9.84 Å². The van der Waals surface area contributed by atoms with Gasteiger partial charge in [-0.05, 0) is 11.6 Å². The number of H-pyrrole nitrogens is 1. The molecule has 6 nitrogen and oxygen atoms in total. The maximum Gasteiger partial charge on any atom is 0.341 e. The number of aliphatic hydroxyl groups is 2. The summed E-state index contributed by atoms with van der Waals surface area (Å²) in [5.74, 6) is -0.541. The van der Waals surface area contributed by atoms with Crippen LogP contribution >= 0.6 is 0 Å². The molecule has 0 amide bonds. The standard InChI is InChI=1S/C18H22N2O4/c1-18(2)10-19-7-13(17(23)24-9-11(22)8-21)16-15(18)12-5-3-4-6-14(12)20-16/h3-7,11,19-22H,8-10H2,1-2H3. The summed E-state index contributed by atoms with van der Waals surface area (Å²) in [5.41, 5.74) is 2.96. The third kappa shape index (κ3) is 2.90. The Morgan fingerprint density at radius 3 is 2.88 bits per heavy atom. The van der Waals surface area contributed by atoms with Gasteiger partial charge in [-0.2, -0.15) is 0 Å². The van der Waals surface area contributed by atoms with E-state index in [1.54, 1.807) is 6.20 Å². The largest absolute Gasteiger partial charge is 0.459 e. The summed E-state index contributed by atoms with van der Waals surface area (Å²) in [6, 6.07) is 7.94. The highest BCUT2D eigenvalue weighted by molar-refractivity contribution is 6.17. The second-order valence-electron chi connectivity index (χ2n) is 6.68. The van der Waals surface area contributed by atoms with E-state index in [1.807, 2.05) is 24.3 Å². The summed E-state index contributed by atoms with van der Waals surface area (Å²) in [5, 5.41) is 22.5. The third-order valence-corrected chi connectivity index (χ3v) is 4.28. The highest BCUT2D eigenvalue weighted by atomic mass is 16.5. The number of carbonyl (C=O) groups is 1. The average molecular weight is 330 g/mol. The number of aromatic nitrogens is 1. The molecule has 2 heterocycles. The fourth-order valence-corrected chi connectivity index (χ4v) is 3.08. The van der Waals surface area contributed by atoms with Gasteiger partial charge in [0.15, 0.2) is 0 Å². The van der Waals surface area contributed by atoms with Crippen molar-refractivity contribution in [2.24, 2.45) is 0 Å². The number of aromatic amines is 1. The minimum atomic E-state index is -1.08. The minimum Gasteiger partial charge on any atom is -0.459 e. The first-order valence-electron chi connectivity index (χ1n) is 7.95. The van der Waals surface area contributed by atoms with Gasteiger partial charge in [-0.3, -0.25) is 0 Å². The lowest BCUT2D eigenvalue weighted by Crippen LogP contribution is -2.29. The lowest BCUT2D eigenvalue weighted by molar-refractivity contribution is -0.140. The quantitative estimate of drug-likeness (QED) is 0.634. The van der Waals surface area contributed by atoms with Gasteiger partial charge in [0.1, 0.15) is 12.7 Å². The Balaban J connectivity index is 2.03. The minimum absolute atomic E-state index is 0.182. The van der Waals surface area contributed by atoms with Crippen LogP contribution in [0.15, 0.2) is 30.5 Å². The van der Waals surface area contributed by atoms with E-state index in [-0.39, 0.29) is 12.0 Å². The molecule has 0 radical (unpaired) electrons. The number of esters is 1. The Bertz CT molecular complexity index is 791. The molecule has 0 spiro atoms. The molecule has 0 fully saturated rings. The van der Waals surface area contributed by atoms with Gasteiger partial charge in [0.25, 0.3) is 0 Å². The molecular formula is C18H22N2O4. The van der Waals surface area contributed by atoms with E-state index in [9.17, 15) is 9.90 Å². The Morgan fingerprint density at radius 1 is 1.38 bits per heavy atom. The first-order valence-corrected chi connectivity index (χ1v) is 7.95. The maximum atomic E-state index is 12.5. The Kier molecular flexibility index (Phi) is 4.34. The van der Waals surface area contributed by atoms with Crippen LogP contribution in [-0.4, -0.2) is 47.0 Å². The smallest absolute Gasteiger partial charge is 0.341 e. The van der Waals surface area contributed by atoms with Crippen molar-refractivity contribution in [3.05, 3.63) is 41.7 Å². The van der Waals surface area contributed by atoms with E-state index < -0.39 is 18.7 Å². The number of fused-ring (bicyclic) bond motifs is 3. The van der Waals surface area contributed by atoms with E-state index in [0.717, 1.165) is 22.2 Å². The topological polar surface area (TPSA) is 94.6 Å².